The fourth-order valence-corrected chi connectivity index (χ4v) is 2.06. The lowest BCUT2D eigenvalue weighted by Crippen LogP contribution is -2.14. The van der Waals surface area contributed by atoms with Gasteiger partial charge in [0.05, 0.1) is 0 Å². The van der Waals surface area contributed by atoms with E-state index in [1.165, 1.54) is 18.6 Å². The Labute approximate surface area is 87.5 Å². The van der Waals surface area contributed by atoms with Gasteiger partial charge in [0.25, 0.3) is 0 Å². The van der Waals surface area contributed by atoms with Crippen LogP contribution in [0.5, 0.6) is 0 Å². The Balaban J connectivity index is 3.90. The number of hydrogen-bond donors (Lipinski definition) is 0. The van der Waals surface area contributed by atoms with Crippen LogP contribution < -0.4 is 0 Å². The maximum absolute atomic E-state index is 3.82. The van der Waals surface area contributed by atoms with E-state index in [0.717, 1.165) is 12.8 Å². The molecular formula is C12H22S. The Morgan fingerprint density at radius 2 is 1.77 bits per heavy atom. The first kappa shape index (κ1) is 12.8. The molecule has 13 heavy (non-hydrogen) atoms. The zero-order valence-electron chi connectivity index (χ0n) is 9.01. The number of hydrogen-bond acceptors (Lipinski definition) is 1. The Bertz CT molecular complexity index is 139. The van der Waals surface area contributed by atoms with Crippen molar-refractivity contribution in [2.45, 2.75) is 32.6 Å². The van der Waals surface area contributed by atoms with Gasteiger partial charge in [0, 0.05) is 0 Å². The summed E-state index contributed by atoms with van der Waals surface area (Å²) in [4.78, 5) is 0. The predicted molar refractivity (Wildman–Crippen MR) is 65.4 cm³/mol. The molecule has 0 aliphatic carbocycles. The van der Waals surface area contributed by atoms with Crippen molar-refractivity contribution in [1.29, 1.82) is 0 Å². The first-order valence-electron chi connectivity index (χ1n) is 4.89. The fourth-order valence-electron chi connectivity index (χ4n) is 1.63. The van der Waals surface area contributed by atoms with Crippen LogP contribution in [0.3, 0.4) is 0 Å². The van der Waals surface area contributed by atoms with Crippen LogP contribution in [0.4, 0.5) is 0 Å². The van der Waals surface area contributed by atoms with E-state index in [0.29, 0.717) is 5.41 Å². The van der Waals surface area contributed by atoms with Crippen molar-refractivity contribution in [1.82, 2.24) is 0 Å². The predicted octanol–water partition coefficient (Wildman–Crippen LogP) is 4.29. The molecule has 0 N–H and O–H groups in total. The van der Waals surface area contributed by atoms with Gasteiger partial charge in [-0.1, -0.05) is 19.1 Å². The van der Waals surface area contributed by atoms with E-state index in [2.05, 4.69) is 26.3 Å². The molecule has 0 radical (unpaired) electrons. The molecule has 0 aromatic heterocycles. The summed E-state index contributed by atoms with van der Waals surface area (Å²) in [5.74, 6) is 1.27. The van der Waals surface area contributed by atoms with E-state index in [9.17, 15) is 0 Å². The molecule has 0 atom stereocenters. The third-order valence-corrected chi connectivity index (χ3v) is 3.10. The summed E-state index contributed by atoms with van der Waals surface area (Å²) in [5.41, 5.74) is 0.402. The zero-order valence-corrected chi connectivity index (χ0v) is 9.83. The Morgan fingerprint density at radius 3 is 2.15 bits per heavy atom. The highest BCUT2D eigenvalue weighted by atomic mass is 32.2. The van der Waals surface area contributed by atoms with Crippen LogP contribution in [-0.4, -0.2) is 12.0 Å². The molecule has 0 unspecified atom stereocenters. The van der Waals surface area contributed by atoms with Gasteiger partial charge in [-0.05, 0) is 43.1 Å². The van der Waals surface area contributed by atoms with Gasteiger partial charge in [-0.25, -0.2) is 0 Å². The van der Waals surface area contributed by atoms with Gasteiger partial charge in [0.1, 0.15) is 0 Å². The lowest BCUT2D eigenvalue weighted by atomic mass is 9.79. The monoisotopic (exact) mass is 198 g/mol. The Kier molecular flexibility index (Phi) is 7.16. The Hall–Kier alpha value is -0.170. The lowest BCUT2D eigenvalue weighted by molar-refractivity contribution is 0.302. The average molecular weight is 198 g/mol. The summed E-state index contributed by atoms with van der Waals surface area (Å²) in [6.07, 6.45) is 11.0. The average Bonchev–Trinajstić information content (AvgIpc) is 2.05. The number of allylic oxidation sites excluding steroid dienone is 2. The van der Waals surface area contributed by atoms with E-state index in [1.807, 2.05) is 23.9 Å². The normalized spacial score (nSPS) is 11.2. The second kappa shape index (κ2) is 7.25. The quantitative estimate of drug-likeness (QED) is 0.414. The molecule has 0 aliphatic rings. The third kappa shape index (κ3) is 5.98. The molecule has 0 bridgehead atoms. The van der Waals surface area contributed by atoms with Crippen LogP contribution in [0, 0.1) is 5.41 Å². The van der Waals surface area contributed by atoms with Crippen molar-refractivity contribution < 1.29 is 0 Å². The molecule has 0 aromatic carbocycles. The van der Waals surface area contributed by atoms with Crippen molar-refractivity contribution >= 4 is 11.8 Å². The van der Waals surface area contributed by atoms with Gasteiger partial charge in [-0.3, -0.25) is 0 Å². The smallest absolute Gasteiger partial charge is 0.00701 e. The van der Waals surface area contributed by atoms with Gasteiger partial charge in [-0.2, -0.15) is 11.8 Å². The molecule has 0 saturated heterocycles. The third-order valence-electron chi connectivity index (χ3n) is 2.40. The molecule has 0 amide bonds. The second-order valence-corrected chi connectivity index (χ2v) is 4.88. The van der Waals surface area contributed by atoms with Crippen molar-refractivity contribution in [2.24, 2.45) is 5.41 Å². The summed E-state index contributed by atoms with van der Waals surface area (Å²) >= 11 is 1.93. The van der Waals surface area contributed by atoms with E-state index in [-0.39, 0.29) is 0 Å². The largest absolute Gasteiger partial charge is 0.165 e. The van der Waals surface area contributed by atoms with Gasteiger partial charge >= 0.3 is 0 Å². The Morgan fingerprint density at radius 1 is 1.23 bits per heavy atom. The highest BCUT2D eigenvalue weighted by Gasteiger charge is 2.19. The summed E-state index contributed by atoms with van der Waals surface area (Å²) in [6.45, 7) is 9.96. The van der Waals surface area contributed by atoms with Crippen LogP contribution in [-0.2, 0) is 0 Å². The molecule has 0 saturated carbocycles. The molecule has 0 rings (SSSR count). The van der Waals surface area contributed by atoms with Gasteiger partial charge in [0.2, 0.25) is 0 Å². The van der Waals surface area contributed by atoms with E-state index < -0.39 is 0 Å². The van der Waals surface area contributed by atoms with Crippen molar-refractivity contribution in [3.05, 3.63) is 25.3 Å². The SMILES string of the molecule is C=CCC(C)(CC=C)CCCSC. The van der Waals surface area contributed by atoms with E-state index >= 15 is 0 Å². The first-order chi connectivity index (χ1) is 6.18. The van der Waals surface area contributed by atoms with Crippen LogP contribution >= 0.6 is 11.8 Å². The molecule has 1 heteroatoms. The molecule has 0 heterocycles. The van der Waals surface area contributed by atoms with Gasteiger partial charge < -0.3 is 0 Å². The number of rotatable bonds is 8. The minimum absolute atomic E-state index is 0.402. The topological polar surface area (TPSA) is 0 Å². The summed E-state index contributed by atoms with van der Waals surface area (Å²) in [5, 5.41) is 0. The molecule has 0 spiro atoms. The maximum Gasteiger partial charge on any atom is -0.00701 e. The summed E-state index contributed by atoms with van der Waals surface area (Å²) in [7, 11) is 0. The maximum atomic E-state index is 3.82. The molecular weight excluding hydrogens is 176 g/mol. The lowest BCUT2D eigenvalue weighted by Gasteiger charge is -2.26. The van der Waals surface area contributed by atoms with Crippen LogP contribution in [0.25, 0.3) is 0 Å². The molecule has 0 aliphatic heterocycles. The zero-order chi connectivity index (χ0) is 10.2. The molecule has 0 nitrogen and oxygen atoms in total. The van der Waals surface area contributed by atoms with E-state index in [1.54, 1.807) is 0 Å². The number of thioether (sulfide) groups is 1. The van der Waals surface area contributed by atoms with Crippen LogP contribution in [0.2, 0.25) is 0 Å². The first-order valence-corrected chi connectivity index (χ1v) is 6.28. The van der Waals surface area contributed by atoms with Gasteiger partial charge in [0.15, 0.2) is 0 Å². The van der Waals surface area contributed by atoms with Crippen molar-refractivity contribution in [3.63, 3.8) is 0 Å². The minimum atomic E-state index is 0.402. The van der Waals surface area contributed by atoms with E-state index in [4.69, 9.17) is 0 Å². The van der Waals surface area contributed by atoms with Gasteiger partial charge in [-0.15, -0.1) is 13.2 Å². The fraction of sp³-hybridized carbons (Fsp3) is 0.667. The highest BCUT2D eigenvalue weighted by molar-refractivity contribution is 7.98. The van der Waals surface area contributed by atoms with Crippen molar-refractivity contribution in [2.75, 3.05) is 12.0 Å². The highest BCUT2D eigenvalue weighted by Crippen LogP contribution is 2.32. The summed E-state index contributed by atoms with van der Waals surface area (Å²) in [6, 6.07) is 0. The van der Waals surface area contributed by atoms with Crippen molar-refractivity contribution in [3.8, 4) is 0 Å². The standard InChI is InChI=1S/C12H22S/c1-5-8-12(3,9-6-2)10-7-11-13-4/h5-6H,1-2,7-11H2,3-4H3. The molecule has 0 fully saturated rings. The second-order valence-electron chi connectivity index (χ2n) is 3.89. The van der Waals surface area contributed by atoms with Crippen LogP contribution in [0.1, 0.15) is 32.6 Å². The molecule has 76 valence electrons. The minimum Gasteiger partial charge on any atom is -0.165 e. The van der Waals surface area contributed by atoms with Crippen LogP contribution in [0.15, 0.2) is 25.3 Å². The summed E-state index contributed by atoms with van der Waals surface area (Å²) < 4.78 is 0. The molecule has 0 aromatic rings.